The zero-order valence-corrected chi connectivity index (χ0v) is 48.7. The minimum Gasteiger partial charge on any atom is -0.354 e. The molecule has 4 nitrogen and oxygen atoms in total. The molecule has 0 aliphatic carbocycles. The smallest absolute Gasteiger partial charge is 0.0737 e. The fourth-order valence-electron chi connectivity index (χ4n) is 10.1. The van der Waals surface area contributed by atoms with Crippen LogP contribution in [0.2, 0.25) is 0 Å². The minimum atomic E-state index is -0.0900. The molecule has 8 bridgehead atoms. The van der Waals surface area contributed by atoms with Crippen LogP contribution >= 0.6 is 11.8 Å². The van der Waals surface area contributed by atoms with Crippen LogP contribution in [0.25, 0.3) is 90.9 Å². The maximum Gasteiger partial charge on any atom is 0.0737 e. The molecule has 0 amide bonds. The highest BCUT2D eigenvalue weighted by Crippen LogP contribution is 2.44. The Morgan fingerprint density at radius 2 is 0.527 bits per heavy atom. The molecular weight excluding hydrogens is 917 g/mol. The Bertz CT molecular complexity index is 3390. The second kappa shape index (κ2) is 18.6. The number of rotatable bonds is 5. The topological polar surface area (TPSA) is 57.4 Å². The van der Waals surface area contributed by atoms with Crippen molar-refractivity contribution in [2.45, 2.75) is 162 Å². The molecule has 7 aromatic rings. The number of H-pyrrole nitrogens is 2. The quantitative estimate of drug-likeness (QED) is 0.169. The Balaban J connectivity index is 1.52. The second-order valence-electron chi connectivity index (χ2n) is 27.1. The van der Waals surface area contributed by atoms with E-state index >= 15 is 0 Å². The number of aromatic nitrogens is 4. The van der Waals surface area contributed by atoms with E-state index in [4.69, 9.17) is 9.97 Å². The van der Waals surface area contributed by atoms with Crippen LogP contribution in [0.1, 0.15) is 181 Å². The molecule has 2 N–H and O–H groups in total. The van der Waals surface area contributed by atoms with Crippen LogP contribution in [0.3, 0.4) is 0 Å². The van der Waals surface area contributed by atoms with Crippen molar-refractivity contribution >= 4 is 58.1 Å². The van der Waals surface area contributed by atoms with Gasteiger partial charge in [-0.05, 0) is 155 Å². The summed E-state index contributed by atoms with van der Waals surface area (Å²) in [7, 11) is 0. The van der Waals surface area contributed by atoms with Crippen molar-refractivity contribution in [3.63, 3.8) is 0 Å². The maximum absolute atomic E-state index is 5.81. The number of nitrogens with one attached hydrogen (secondary N) is 2. The standard InChI is InChI=1S/C69H80N4S/c1-64(2,3)45-32-42(33-46(38-45)65(4,5)6)61-54-26-24-52(70-54)60(41-20-22-51(74-19)23-21-41)53-25-27-55(71-53)62(43-34-47(66(7,8)9)39-48(35-43)67(10,11)12)57-29-31-59(73-57)63(58-30-28-56(61)72-58)44-36-49(68(13,14)15)40-50(37-44)69(16,17)18/h20-40,70,73H,1-19H3. The van der Waals surface area contributed by atoms with E-state index in [9.17, 15) is 0 Å². The first-order chi connectivity index (χ1) is 34.4. The summed E-state index contributed by atoms with van der Waals surface area (Å²) in [4.78, 5) is 20.9. The van der Waals surface area contributed by atoms with Crippen LogP contribution in [-0.2, 0) is 32.5 Å². The normalized spacial score (nSPS) is 13.6. The SMILES string of the molecule is CSc1ccc(-c2c3nc(c(-c4cc(C(C)(C)C)cc(C(C)(C)C)c4)c4ccc([nH]4)c(-c4cc(C(C)(C)C)cc(C(C)(C)C)c4)c4nc(c(-c5cc(C(C)(C)C)cc(C(C)(C)C)c5)c5ccc2[nH]5)C=C4)C=C3)cc1. The average Bonchev–Trinajstić information content (AvgIpc) is 4.16. The van der Waals surface area contributed by atoms with Crippen LogP contribution in [0.5, 0.6) is 0 Å². The first-order valence-corrected chi connectivity index (χ1v) is 27.9. The highest BCUT2D eigenvalue weighted by molar-refractivity contribution is 7.98. The summed E-state index contributed by atoms with van der Waals surface area (Å²) in [6.45, 7) is 41.7. The molecule has 382 valence electrons. The molecule has 0 unspecified atom stereocenters. The largest absolute Gasteiger partial charge is 0.354 e. The third-order valence-electron chi connectivity index (χ3n) is 15.0. The molecule has 2 aliphatic rings. The van der Waals surface area contributed by atoms with Gasteiger partial charge in [0.25, 0.3) is 0 Å². The zero-order valence-electron chi connectivity index (χ0n) is 47.9. The van der Waals surface area contributed by atoms with Gasteiger partial charge >= 0.3 is 0 Å². The molecule has 0 fully saturated rings. The van der Waals surface area contributed by atoms with Gasteiger partial charge in [0.05, 0.1) is 22.8 Å². The van der Waals surface area contributed by atoms with Crippen LogP contribution in [0.15, 0.2) is 108 Å². The fourth-order valence-corrected chi connectivity index (χ4v) is 10.5. The lowest BCUT2D eigenvalue weighted by Crippen LogP contribution is -2.16. The Kier molecular flexibility index (Phi) is 13.2. The van der Waals surface area contributed by atoms with Gasteiger partial charge in [-0.1, -0.05) is 191 Å². The maximum atomic E-state index is 5.81. The van der Waals surface area contributed by atoms with Crippen molar-refractivity contribution in [3.8, 4) is 44.5 Å². The molecular formula is C69H80N4S. The Morgan fingerprint density at radius 1 is 0.297 bits per heavy atom. The van der Waals surface area contributed by atoms with E-state index in [0.29, 0.717) is 0 Å². The van der Waals surface area contributed by atoms with E-state index in [1.807, 2.05) is 0 Å². The summed E-state index contributed by atoms with van der Waals surface area (Å²) in [6.07, 6.45) is 11.1. The highest BCUT2D eigenvalue weighted by atomic mass is 32.2. The molecule has 0 atom stereocenters. The van der Waals surface area contributed by atoms with Gasteiger partial charge in [-0.15, -0.1) is 11.8 Å². The van der Waals surface area contributed by atoms with Crippen molar-refractivity contribution in [1.82, 2.24) is 19.9 Å². The average molecular weight is 997 g/mol. The number of hydrogen-bond donors (Lipinski definition) is 2. The van der Waals surface area contributed by atoms with Crippen molar-refractivity contribution in [3.05, 3.63) is 159 Å². The van der Waals surface area contributed by atoms with Gasteiger partial charge in [0.15, 0.2) is 0 Å². The van der Waals surface area contributed by atoms with E-state index in [1.165, 1.54) is 38.3 Å². The summed E-state index contributed by atoms with van der Waals surface area (Å²) in [5.74, 6) is 0. The lowest BCUT2D eigenvalue weighted by molar-refractivity contribution is 0.568. The van der Waals surface area contributed by atoms with E-state index in [0.717, 1.165) is 89.4 Å². The molecule has 4 aromatic carbocycles. The molecule has 5 heteroatoms. The number of aromatic amines is 2. The van der Waals surface area contributed by atoms with Gasteiger partial charge in [0, 0.05) is 49.2 Å². The Morgan fingerprint density at radius 3 is 0.743 bits per heavy atom. The molecule has 0 saturated heterocycles. The van der Waals surface area contributed by atoms with Crippen molar-refractivity contribution in [1.29, 1.82) is 0 Å². The number of hydrogen-bond acceptors (Lipinski definition) is 3. The minimum absolute atomic E-state index is 0.0845. The number of thioether (sulfide) groups is 1. The Labute approximate surface area is 447 Å². The van der Waals surface area contributed by atoms with E-state index in [1.54, 1.807) is 11.8 Å². The summed E-state index contributed by atoms with van der Waals surface area (Å²) in [5, 5.41) is 0. The zero-order chi connectivity index (χ0) is 53.7. The predicted molar refractivity (Wildman–Crippen MR) is 325 cm³/mol. The Hall–Kier alpha value is -6.17. The molecule has 2 aliphatic heterocycles. The van der Waals surface area contributed by atoms with Gasteiger partial charge in [-0.3, -0.25) is 0 Å². The van der Waals surface area contributed by atoms with E-state index in [-0.39, 0.29) is 32.5 Å². The lowest BCUT2D eigenvalue weighted by atomic mass is 9.78. The van der Waals surface area contributed by atoms with Crippen molar-refractivity contribution in [2.24, 2.45) is 0 Å². The molecule has 9 rings (SSSR count). The van der Waals surface area contributed by atoms with Crippen LogP contribution in [-0.4, -0.2) is 26.2 Å². The van der Waals surface area contributed by atoms with Crippen LogP contribution in [0, 0.1) is 0 Å². The highest BCUT2D eigenvalue weighted by Gasteiger charge is 2.28. The fraction of sp³-hybridized carbons (Fsp3) is 0.362. The molecule has 5 heterocycles. The summed E-state index contributed by atoms with van der Waals surface area (Å²) < 4.78 is 0. The predicted octanol–water partition coefficient (Wildman–Crippen LogP) is 19.8. The summed E-state index contributed by atoms with van der Waals surface area (Å²) in [5.41, 5.74) is 23.7. The summed E-state index contributed by atoms with van der Waals surface area (Å²) in [6, 6.07) is 39.6. The van der Waals surface area contributed by atoms with Crippen molar-refractivity contribution in [2.75, 3.05) is 6.26 Å². The van der Waals surface area contributed by atoms with Gasteiger partial charge in [-0.2, -0.15) is 0 Å². The molecule has 3 aromatic heterocycles. The van der Waals surface area contributed by atoms with Crippen molar-refractivity contribution < 1.29 is 0 Å². The number of benzene rings is 4. The monoisotopic (exact) mass is 997 g/mol. The molecule has 0 radical (unpaired) electrons. The third kappa shape index (κ3) is 10.6. The first kappa shape index (κ1) is 52.7. The van der Waals surface area contributed by atoms with E-state index in [2.05, 4.69) is 268 Å². The second-order valence-corrected chi connectivity index (χ2v) is 28.0. The van der Waals surface area contributed by atoms with Gasteiger partial charge in [0.1, 0.15) is 0 Å². The van der Waals surface area contributed by atoms with Crippen LogP contribution in [0.4, 0.5) is 0 Å². The van der Waals surface area contributed by atoms with Gasteiger partial charge < -0.3 is 9.97 Å². The molecule has 0 saturated carbocycles. The van der Waals surface area contributed by atoms with Gasteiger partial charge in [-0.25, -0.2) is 9.97 Å². The van der Waals surface area contributed by atoms with E-state index < -0.39 is 0 Å². The molecule has 0 spiro atoms. The van der Waals surface area contributed by atoms with Crippen LogP contribution < -0.4 is 0 Å². The molecule has 74 heavy (non-hydrogen) atoms. The summed E-state index contributed by atoms with van der Waals surface area (Å²) >= 11 is 1.76. The lowest BCUT2D eigenvalue weighted by Gasteiger charge is -2.26. The third-order valence-corrected chi connectivity index (χ3v) is 15.7. The number of nitrogens with zero attached hydrogens (tertiary/aromatic N) is 2. The number of fused-ring (bicyclic) bond motifs is 8. The first-order valence-electron chi connectivity index (χ1n) is 26.7. The van der Waals surface area contributed by atoms with Gasteiger partial charge in [0.2, 0.25) is 0 Å².